The molecular weight excluding hydrogens is 280 g/mol. The summed E-state index contributed by atoms with van der Waals surface area (Å²) in [4.78, 5) is 28.7. The van der Waals surface area contributed by atoms with E-state index in [1.54, 1.807) is 12.0 Å². The smallest absolute Gasteiger partial charge is 0.328 e. The maximum Gasteiger partial charge on any atom is 0.328 e. The van der Waals surface area contributed by atoms with Crippen LogP contribution in [0.3, 0.4) is 0 Å². The third-order valence-corrected chi connectivity index (χ3v) is 4.62. The van der Waals surface area contributed by atoms with E-state index in [4.69, 9.17) is 4.74 Å². The van der Waals surface area contributed by atoms with E-state index >= 15 is 0 Å². The first-order chi connectivity index (χ1) is 10.5. The number of ether oxygens (including phenoxy) is 1. The van der Waals surface area contributed by atoms with Crippen molar-refractivity contribution < 1.29 is 14.3 Å². The molecule has 3 rings (SSSR count). The van der Waals surface area contributed by atoms with Crippen molar-refractivity contribution in [3.05, 3.63) is 35.9 Å². The summed E-state index contributed by atoms with van der Waals surface area (Å²) in [6.45, 7) is 4.58. The topological polar surface area (TPSA) is 49.9 Å². The van der Waals surface area contributed by atoms with Crippen LogP contribution in [0.1, 0.15) is 31.9 Å². The van der Waals surface area contributed by atoms with Gasteiger partial charge in [-0.3, -0.25) is 9.69 Å². The molecule has 0 bridgehead atoms. The number of amides is 3. The number of urea groups is 1. The lowest BCUT2D eigenvalue weighted by Gasteiger charge is -2.30. The van der Waals surface area contributed by atoms with Crippen LogP contribution >= 0.6 is 0 Å². The number of fused-ring (bicyclic) bond motifs is 1. The zero-order valence-corrected chi connectivity index (χ0v) is 13.2. The second kappa shape index (κ2) is 5.72. The average molecular weight is 302 g/mol. The molecular formula is C17H22N2O3. The van der Waals surface area contributed by atoms with Crippen LogP contribution in [0.4, 0.5) is 4.79 Å². The summed E-state index contributed by atoms with van der Waals surface area (Å²) in [5, 5.41) is 0. The van der Waals surface area contributed by atoms with Crippen molar-refractivity contribution in [1.29, 1.82) is 0 Å². The molecule has 22 heavy (non-hydrogen) atoms. The largest absolute Gasteiger partial charge is 0.380 e. The highest BCUT2D eigenvalue weighted by atomic mass is 16.5. The molecule has 0 spiro atoms. The van der Waals surface area contributed by atoms with Crippen molar-refractivity contribution in [3.8, 4) is 0 Å². The van der Waals surface area contributed by atoms with Crippen LogP contribution < -0.4 is 0 Å². The van der Waals surface area contributed by atoms with Gasteiger partial charge in [-0.1, -0.05) is 44.2 Å². The van der Waals surface area contributed by atoms with Gasteiger partial charge in [-0.15, -0.1) is 0 Å². The van der Waals surface area contributed by atoms with Crippen molar-refractivity contribution >= 4 is 11.9 Å². The third kappa shape index (κ3) is 2.29. The van der Waals surface area contributed by atoms with Crippen molar-refractivity contribution in [1.82, 2.24) is 9.80 Å². The van der Waals surface area contributed by atoms with Gasteiger partial charge in [-0.05, 0) is 11.5 Å². The molecule has 2 fully saturated rings. The minimum atomic E-state index is -0.359. The summed E-state index contributed by atoms with van der Waals surface area (Å²) in [6, 6.07) is 9.03. The molecule has 0 aromatic heterocycles. The van der Waals surface area contributed by atoms with E-state index in [9.17, 15) is 9.59 Å². The maximum atomic E-state index is 12.8. The van der Waals surface area contributed by atoms with E-state index < -0.39 is 0 Å². The Balaban J connectivity index is 1.91. The molecule has 0 aliphatic carbocycles. The summed E-state index contributed by atoms with van der Waals surface area (Å²) in [6.07, 6.45) is 0.561. The minimum Gasteiger partial charge on any atom is -0.380 e. The fraction of sp³-hybridized carbons (Fsp3) is 0.529. The van der Waals surface area contributed by atoms with Gasteiger partial charge >= 0.3 is 6.03 Å². The number of nitrogens with zero attached hydrogens (tertiary/aromatic N) is 2. The summed E-state index contributed by atoms with van der Waals surface area (Å²) in [5.74, 6) is 0.0700. The van der Waals surface area contributed by atoms with E-state index in [-0.39, 0.29) is 36.0 Å². The predicted molar refractivity (Wildman–Crippen MR) is 82.2 cm³/mol. The predicted octanol–water partition coefficient (Wildman–Crippen LogP) is 2.44. The average Bonchev–Trinajstić information content (AvgIpc) is 3.03. The Labute approximate surface area is 130 Å². The number of rotatable bonds is 4. The zero-order chi connectivity index (χ0) is 15.9. The van der Waals surface area contributed by atoms with E-state index in [2.05, 4.69) is 0 Å². The number of imide groups is 1. The lowest BCUT2D eigenvalue weighted by atomic mass is 9.94. The molecule has 3 atom stereocenters. The van der Waals surface area contributed by atoms with Gasteiger partial charge in [0, 0.05) is 20.1 Å². The van der Waals surface area contributed by atoms with Crippen molar-refractivity contribution in [2.75, 3.05) is 13.7 Å². The van der Waals surface area contributed by atoms with Gasteiger partial charge in [0.15, 0.2) is 0 Å². The number of hydrogen-bond donors (Lipinski definition) is 0. The molecule has 5 nitrogen and oxygen atoms in total. The molecule has 2 aliphatic heterocycles. The zero-order valence-electron chi connectivity index (χ0n) is 13.2. The van der Waals surface area contributed by atoms with Crippen molar-refractivity contribution in [2.45, 2.75) is 38.5 Å². The molecule has 2 saturated heterocycles. The van der Waals surface area contributed by atoms with Gasteiger partial charge in [0.25, 0.3) is 5.91 Å². The molecule has 0 radical (unpaired) electrons. The summed E-state index contributed by atoms with van der Waals surface area (Å²) >= 11 is 0. The molecule has 0 unspecified atom stereocenters. The fourth-order valence-corrected chi connectivity index (χ4v) is 3.55. The molecule has 3 amide bonds. The summed E-state index contributed by atoms with van der Waals surface area (Å²) in [5.41, 5.74) is 1.00. The van der Waals surface area contributed by atoms with Crippen LogP contribution in [0.5, 0.6) is 0 Å². The molecule has 2 aliphatic rings. The van der Waals surface area contributed by atoms with E-state index in [1.807, 2.05) is 44.2 Å². The fourth-order valence-electron chi connectivity index (χ4n) is 3.55. The number of carbonyl (C=O) groups excluding carboxylic acids is 2. The highest BCUT2D eigenvalue weighted by Gasteiger charge is 2.53. The summed E-state index contributed by atoms with van der Waals surface area (Å²) < 4.78 is 5.31. The van der Waals surface area contributed by atoms with Gasteiger partial charge < -0.3 is 9.64 Å². The Kier molecular flexibility index (Phi) is 3.91. The molecule has 0 N–H and O–H groups in total. The van der Waals surface area contributed by atoms with Gasteiger partial charge in [0.1, 0.15) is 6.04 Å². The quantitative estimate of drug-likeness (QED) is 0.803. The SMILES string of the molecule is CO[C@@H]1C[C@@H]2C(=O)N([C@H](c3ccccc3)C(C)C)C(=O)N2C1. The molecule has 5 heteroatoms. The minimum absolute atomic E-state index is 0.0331. The van der Waals surface area contributed by atoms with Gasteiger partial charge in [-0.2, -0.15) is 0 Å². The Morgan fingerprint density at radius 3 is 2.41 bits per heavy atom. The van der Waals surface area contributed by atoms with Crippen LogP contribution in [0.2, 0.25) is 0 Å². The molecule has 1 aromatic carbocycles. The molecule has 1 aromatic rings. The van der Waals surface area contributed by atoms with Crippen molar-refractivity contribution in [3.63, 3.8) is 0 Å². The third-order valence-electron chi connectivity index (χ3n) is 4.62. The molecule has 118 valence electrons. The first-order valence-corrected chi connectivity index (χ1v) is 7.76. The number of carbonyl (C=O) groups is 2. The van der Waals surface area contributed by atoms with Gasteiger partial charge in [0.2, 0.25) is 0 Å². The van der Waals surface area contributed by atoms with Crippen molar-refractivity contribution in [2.24, 2.45) is 5.92 Å². The molecule has 0 saturated carbocycles. The lowest BCUT2D eigenvalue weighted by Crippen LogP contribution is -2.40. The Hall–Kier alpha value is -1.88. The second-order valence-corrected chi connectivity index (χ2v) is 6.35. The standard InChI is InChI=1S/C17H22N2O3/c1-11(2)15(12-7-5-4-6-8-12)19-16(20)14-9-13(22-3)10-18(14)17(19)21/h4-8,11,13-15H,9-10H2,1-3H3/t13-,14-,15+/m1/s1. The maximum absolute atomic E-state index is 12.8. The number of hydrogen-bond acceptors (Lipinski definition) is 3. The Morgan fingerprint density at radius 2 is 1.86 bits per heavy atom. The molecule has 2 heterocycles. The van der Waals surface area contributed by atoms with Crippen LogP contribution in [-0.4, -0.2) is 47.5 Å². The van der Waals surface area contributed by atoms with Crippen LogP contribution in [0.25, 0.3) is 0 Å². The Bertz CT molecular complexity index is 549. The normalized spacial score (nSPS) is 26.0. The van der Waals surface area contributed by atoms with Crippen LogP contribution in [0, 0.1) is 5.92 Å². The highest BCUT2D eigenvalue weighted by Crippen LogP contribution is 2.37. The van der Waals surface area contributed by atoms with Crippen LogP contribution in [-0.2, 0) is 9.53 Å². The van der Waals surface area contributed by atoms with E-state index in [1.165, 1.54) is 4.90 Å². The number of benzene rings is 1. The van der Waals surface area contributed by atoms with Gasteiger partial charge in [0.05, 0.1) is 12.1 Å². The number of methoxy groups -OCH3 is 1. The summed E-state index contributed by atoms with van der Waals surface area (Å²) in [7, 11) is 1.63. The first kappa shape index (κ1) is 15.0. The monoisotopic (exact) mass is 302 g/mol. The highest BCUT2D eigenvalue weighted by molar-refractivity contribution is 6.05. The second-order valence-electron chi connectivity index (χ2n) is 6.35. The van der Waals surface area contributed by atoms with Crippen LogP contribution in [0.15, 0.2) is 30.3 Å². The lowest BCUT2D eigenvalue weighted by molar-refractivity contribution is -0.130. The van der Waals surface area contributed by atoms with E-state index in [0.717, 1.165) is 5.56 Å². The first-order valence-electron chi connectivity index (χ1n) is 7.76. The van der Waals surface area contributed by atoms with E-state index in [0.29, 0.717) is 13.0 Å². The van der Waals surface area contributed by atoms with Gasteiger partial charge in [-0.25, -0.2) is 4.79 Å². The Morgan fingerprint density at radius 1 is 1.18 bits per heavy atom.